The Bertz CT molecular complexity index is 754. The number of imidazole rings is 1. The second-order valence-corrected chi connectivity index (χ2v) is 4.50. The molecule has 1 aromatic heterocycles. The first kappa shape index (κ1) is 12.0. The van der Waals surface area contributed by atoms with Gasteiger partial charge in [-0.15, -0.1) is 0 Å². The van der Waals surface area contributed by atoms with E-state index in [1.165, 1.54) is 6.07 Å². The number of rotatable bonds is 2. The number of ether oxygens (including phenoxy) is 1. The van der Waals surface area contributed by atoms with E-state index >= 15 is 0 Å². The highest BCUT2D eigenvalue weighted by molar-refractivity contribution is 6.30. The molecule has 0 aliphatic heterocycles. The predicted molar refractivity (Wildman–Crippen MR) is 73.0 cm³/mol. The van der Waals surface area contributed by atoms with E-state index in [-0.39, 0.29) is 5.82 Å². The molecule has 0 unspecified atom stereocenters. The first-order valence-corrected chi connectivity index (χ1v) is 6.05. The van der Waals surface area contributed by atoms with Crippen molar-refractivity contribution in [3.63, 3.8) is 0 Å². The quantitative estimate of drug-likeness (QED) is 0.767. The van der Waals surface area contributed by atoms with E-state index in [0.29, 0.717) is 33.2 Å². The molecule has 0 aliphatic rings. The van der Waals surface area contributed by atoms with Crippen molar-refractivity contribution in [1.29, 1.82) is 0 Å². The molecule has 96 valence electrons. The van der Waals surface area contributed by atoms with Crippen LogP contribution in [0.5, 0.6) is 5.75 Å². The summed E-state index contributed by atoms with van der Waals surface area (Å²) in [6.45, 7) is 0. The molecule has 3 nitrogen and oxygen atoms in total. The molecule has 0 amide bonds. The Morgan fingerprint density at radius 3 is 2.84 bits per heavy atom. The molecule has 19 heavy (non-hydrogen) atoms. The number of aromatic nitrogens is 2. The maximum absolute atomic E-state index is 13.6. The summed E-state index contributed by atoms with van der Waals surface area (Å²) < 4.78 is 18.9. The van der Waals surface area contributed by atoms with Crippen molar-refractivity contribution in [2.45, 2.75) is 0 Å². The lowest BCUT2D eigenvalue weighted by atomic mass is 10.2. The molecule has 1 N–H and O–H groups in total. The number of hydrogen-bond donors (Lipinski definition) is 1. The van der Waals surface area contributed by atoms with Gasteiger partial charge in [0.15, 0.2) is 5.82 Å². The standard InChI is InChI=1S/C14H10ClFN2O/c1-19-12-6-5-8(15)7-9(12)14-17-11-4-2-3-10(16)13(11)18-14/h2-7H,1H3,(H,17,18). The van der Waals surface area contributed by atoms with Gasteiger partial charge in [-0.25, -0.2) is 9.37 Å². The number of aromatic amines is 1. The Morgan fingerprint density at radius 1 is 1.26 bits per heavy atom. The average Bonchev–Trinajstić information content (AvgIpc) is 2.84. The van der Waals surface area contributed by atoms with E-state index in [0.717, 1.165) is 0 Å². The van der Waals surface area contributed by atoms with Gasteiger partial charge in [-0.1, -0.05) is 17.7 Å². The average molecular weight is 277 g/mol. The van der Waals surface area contributed by atoms with Crippen LogP contribution in [-0.4, -0.2) is 17.1 Å². The van der Waals surface area contributed by atoms with Crippen LogP contribution >= 0.6 is 11.6 Å². The van der Waals surface area contributed by atoms with E-state index in [4.69, 9.17) is 16.3 Å². The minimum absolute atomic E-state index is 0.305. The molecule has 0 radical (unpaired) electrons. The SMILES string of the molecule is COc1ccc(Cl)cc1-c1nc2c(F)cccc2[nH]1. The topological polar surface area (TPSA) is 37.9 Å². The highest BCUT2D eigenvalue weighted by atomic mass is 35.5. The molecule has 0 saturated heterocycles. The van der Waals surface area contributed by atoms with Gasteiger partial charge >= 0.3 is 0 Å². The molecule has 0 saturated carbocycles. The van der Waals surface area contributed by atoms with E-state index < -0.39 is 0 Å². The zero-order valence-electron chi connectivity index (χ0n) is 10.1. The van der Waals surface area contributed by atoms with E-state index in [2.05, 4.69) is 9.97 Å². The molecule has 0 fully saturated rings. The summed E-state index contributed by atoms with van der Waals surface area (Å²) in [5.74, 6) is 0.796. The van der Waals surface area contributed by atoms with Gasteiger partial charge in [0, 0.05) is 5.02 Å². The van der Waals surface area contributed by atoms with Crippen LogP contribution in [0.2, 0.25) is 5.02 Å². The summed E-state index contributed by atoms with van der Waals surface area (Å²) in [5, 5.41) is 0.566. The number of methoxy groups -OCH3 is 1. The molecule has 3 rings (SSSR count). The summed E-state index contributed by atoms with van der Waals surface area (Å²) in [6, 6.07) is 9.99. The Labute approximate surface area is 114 Å². The van der Waals surface area contributed by atoms with Crippen LogP contribution in [0, 0.1) is 5.82 Å². The normalized spacial score (nSPS) is 10.9. The Hall–Kier alpha value is -2.07. The lowest BCUT2D eigenvalue weighted by Gasteiger charge is -2.05. The number of benzene rings is 2. The van der Waals surface area contributed by atoms with Gasteiger partial charge < -0.3 is 9.72 Å². The maximum atomic E-state index is 13.6. The molecule has 1 heterocycles. The maximum Gasteiger partial charge on any atom is 0.151 e. The third-order valence-electron chi connectivity index (χ3n) is 2.88. The first-order chi connectivity index (χ1) is 9.19. The van der Waals surface area contributed by atoms with Crippen LogP contribution in [0.15, 0.2) is 36.4 Å². The largest absolute Gasteiger partial charge is 0.496 e. The predicted octanol–water partition coefficient (Wildman–Crippen LogP) is 4.03. The van der Waals surface area contributed by atoms with Crippen molar-refractivity contribution in [3.8, 4) is 17.1 Å². The van der Waals surface area contributed by atoms with Crippen molar-refractivity contribution < 1.29 is 9.13 Å². The highest BCUT2D eigenvalue weighted by Gasteiger charge is 2.13. The van der Waals surface area contributed by atoms with Crippen LogP contribution in [-0.2, 0) is 0 Å². The fourth-order valence-corrected chi connectivity index (χ4v) is 2.16. The molecule has 0 aliphatic carbocycles. The Kier molecular flexibility index (Phi) is 2.87. The zero-order chi connectivity index (χ0) is 13.4. The van der Waals surface area contributed by atoms with Crippen molar-refractivity contribution in [3.05, 3.63) is 47.2 Å². The van der Waals surface area contributed by atoms with Crippen molar-refractivity contribution in [2.24, 2.45) is 0 Å². The summed E-state index contributed by atoms with van der Waals surface area (Å²) in [6.07, 6.45) is 0. The second-order valence-electron chi connectivity index (χ2n) is 4.07. The Morgan fingerprint density at radius 2 is 2.11 bits per heavy atom. The molecule has 0 bridgehead atoms. The van der Waals surface area contributed by atoms with Crippen molar-refractivity contribution in [2.75, 3.05) is 7.11 Å². The minimum Gasteiger partial charge on any atom is -0.496 e. The second kappa shape index (κ2) is 4.55. The van der Waals surface area contributed by atoms with E-state index in [1.807, 2.05) is 0 Å². The number of fused-ring (bicyclic) bond motifs is 1. The van der Waals surface area contributed by atoms with Gasteiger partial charge in [0.1, 0.15) is 17.1 Å². The summed E-state index contributed by atoms with van der Waals surface area (Å²) >= 11 is 5.98. The molecule has 0 spiro atoms. The fourth-order valence-electron chi connectivity index (χ4n) is 1.99. The molecule has 0 atom stereocenters. The minimum atomic E-state index is -0.360. The summed E-state index contributed by atoms with van der Waals surface area (Å²) in [5.41, 5.74) is 1.64. The van der Waals surface area contributed by atoms with Gasteiger partial charge in [0.25, 0.3) is 0 Å². The monoisotopic (exact) mass is 276 g/mol. The van der Waals surface area contributed by atoms with Crippen LogP contribution in [0.25, 0.3) is 22.4 Å². The third-order valence-corrected chi connectivity index (χ3v) is 3.12. The summed E-state index contributed by atoms with van der Waals surface area (Å²) in [4.78, 5) is 7.33. The molecule has 5 heteroatoms. The van der Waals surface area contributed by atoms with Crippen LogP contribution in [0.1, 0.15) is 0 Å². The fraction of sp³-hybridized carbons (Fsp3) is 0.0714. The number of para-hydroxylation sites is 1. The van der Waals surface area contributed by atoms with Crippen molar-refractivity contribution in [1.82, 2.24) is 9.97 Å². The van der Waals surface area contributed by atoms with Gasteiger partial charge in [-0.3, -0.25) is 0 Å². The van der Waals surface area contributed by atoms with Crippen molar-refractivity contribution >= 4 is 22.6 Å². The lowest BCUT2D eigenvalue weighted by Crippen LogP contribution is -1.89. The smallest absolute Gasteiger partial charge is 0.151 e. The molecular formula is C14H10ClFN2O. The number of hydrogen-bond acceptors (Lipinski definition) is 2. The number of H-pyrrole nitrogens is 1. The Balaban J connectivity index is 2.24. The zero-order valence-corrected chi connectivity index (χ0v) is 10.8. The number of halogens is 2. The third kappa shape index (κ3) is 2.04. The van der Waals surface area contributed by atoms with Gasteiger partial charge in [-0.2, -0.15) is 0 Å². The van der Waals surface area contributed by atoms with E-state index in [9.17, 15) is 4.39 Å². The lowest BCUT2D eigenvalue weighted by molar-refractivity contribution is 0.416. The highest BCUT2D eigenvalue weighted by Crippen LogP contribution is 2.32. The van der Waals surface area contributed by atoms with Crippen LogP contribution < -0.4 is 4.74 Å². The molecule has 2 aromatic carbocycles. The van der Waals surface area contributed by atoms with E-state index in [1.54, 1.807) is 37.4 Å². The van der Waals surface area contributed by atoms with Crippen LogP contribution in [0.3, 0.4) is 0 Å². The van der Waals surface area contributed by atoms with Gasteiger partial charge in [0.05, 0.1) is 18.2 Å². The van der Waals surface area contributed by atoms with Gasteiger partial charge in [0.2, 0.25) is 0 Å². The number of nitrogens with one attached hydrogen (secondary N) is 1. The first-order valence-electron chi connectivity index (χ1n) is 5.67. The van der Waals surface area contributed by atoms with Crippen LogP contribution in [0.4, 0.5) is 4.39 Å². The van der Waals surface area contributed by atoms with Gasteiger partial charge in [-0.05, 0) is 30.3 Å². The molecular weight excluding hydrogens is 267 g/mol. The molecule has 3 aromatic rings. The summed E-state index contributed by atoms with van der Waals surface area (Å²) in [7, 11) is 1.57. The number of nitrogens with zero attached hydrogens (tertiary/aromatic N) is 1.